The number of nitrogens with zero attached hydrogens (tertiary/aromatic N) is 3. The summed E-state index contributed by atoms with van der Waals surface area (Å²) in [5.41, 5.74) is 0.927. The average molecular weight is 314 g/mol. The van der Waals surface area contributed by atoms with Crippen LogP contribution in [0.2, 0.25) is 0 Å². The minimum atomic E-state index is -1.30. The zero-order valence-electron chi connectivity index (χ0n) is 12.3. The zero-order valence-corrected chi connectivity index (χ0v) is 13.2. The Balaban J connectivity index is 1.94. The van der Waals surface area contributed by atoms with E-state index in [9.17, 15) is 4.21 Å². The van der Waals surface area contributed by atoms with Crippen molar-refractivity contribution < 1.29 is 13.6 Å². The quantitative estimate of drug-likeness (QED) is 0.691. The molecule has 0 aliphatic rings. The highest BCUT2D eigenvalue weighted by Crippen LogP contribution is 2.18. The molecule has 1 heterocycles. The highest BCUT2D eigenvalue weighted by atomic mass is 32.2. The number of methoxy groups -OCH3 is 1. The van der Waals surface area contributed by atoms with Gasteiger partial charge in [-0.2, -0.15) is 0 Å². The van der Waals surface area contributed by atoms with Gasteiger partial charge in [-0.1, -0.05) is 18.2 Å². The lowest BCUT2D eigenvalue weighted by atomic mass is 10.3. The summed E-state index contributed by atoms with van der Waals surface area (Å²) in [7, 11) is 2.10. The fourth-order valence-electron chi connectivity index (χ4n) is 2.10. The smallest absolute Gasteiger partial charge is 0.259 e. The van der Waals surface area contributed by atoms with Crippen LogP contribution in [0.5, 0.6) is 5.75 Å². The summed E-state index contributed by atoms with van der Waals surface area (Å²) in [5, 5.41) is 5.01. The lowest BCUT2D eigenvalue weighted by Gasteiger charge is -2.00. The Morgan fingerprint density at radius 2 is 1.77 bits per heavy atom. The van der Waals surface area contributed by atoms with Gasteiger partial charge < -0.3 is 4.74 Å². The molecule has 2 aromatic carbocycles. The molecule has 3 rings (SSSR count). The van der Waals surface area contributed by atoms with Crippen molar-refractivity contribution in [2.45, 2.75) is 9.92 Å². The molecule has 1 atom stereocenters. The molecule has 0 radical (unpaired) electrons. The Hall–Kier alpha value is -2.47. The maximum atomic E-state index is 12.7. The van der Waals surface area contributed by atoms with Crippen molar-refractivity contribution in [3.8, 4) is 11.4 Å². The highest BCUT2D eigenvalue weighted by molar-refractivity contribution is 7.85. The van der Waals surface area contributed by atoms with E-state index in [1.54, 1.807) is 54.0 Å². The standard InChI is InChI=1S/C16H16N3O2S/c1-18-16(12-19(17-18)13-6-4-3-5-7-13)22(20)15-10-8-14(21-2)9-11-15/h3-12H,1-2H3/q+1. The topological polar surface area (TPSA) is 48.0 Å². The molecule has 1 unspecified atom stereocenters. The van der Waals surface area contributed by atoms with Crippen molar-refractivity contribution in [3.63, 3.8) is 0 Å². The molecule has 0 N–H and O–H groups in total. The zero-order chi connectivity index (χ0) is 15.5. The van der Waals surface area contributed by atoms with E-state index in [1.165, 1.54) is 0 Å². The monoisotopic (exact) mass is 314 g/mol. The van der Waals surface area contributed by atoms with Gasteiger partial charge in [-0.15, -0.1) is 9.36 Å². The van der Waals surface area contributed by atoms with Gasteiger partial charge in [0, 0.05) is 4.90 Å². The molecular formula is C16H16N3O2S+. The number of aryl methyl sites for hydroxylation is 1. The largest absolute Gasteiger partial charge is 0.497 e. The molecule has 0 fully saturated rings. The average Bonchev–Trinajstić information content (AvgIpc) is 2.97. The fourth-order valence-corrected chi connectivity index (χ4v) is 3.19. The normalized spacial score (nSPS) is 12.1. The van der Waals surface area contributed by atoms with E-state index in [0.717, 1.165) is 11.4 Å². The van der Waals surface area contributed by atoms with Gasteiger partial charge in [-0.25, -0.2) is 4.21 Å². The van der Waals surface area contributed by atoms with Crippen LogP contribution in [0.4, 0.5) is 0 Å². The predicted molar refractivity (Wildman–Crippen MR) is 82.4 cm³/mol. The molecule has 5 nitrogen and oxygen atoms in total. The predicted octanol–water partition coefficient (Wildman–Crippen LogP) is 1.87. The number of rotatable bonds is 4. The van der Waals surface area contributed by atoms with Crippen LogP contribution in [0, 0.1) is 0 Å². The summed E-state index contributed by atoms with van der Waals surface area (Å²) in [6.07, 6.45) is 1.79. The Morgan fingerprint density at radius 3 is 2.41 bits per heavy atom. The third-order valence-corrected chi connectivity index (χ3v) is 4.72. The lowest BCUT2D eigenvalue weighted by molar-refractivity contribution is -0.662. The first-order valence-electron chi connectivity index (χ1n) is 6.76. The first-order chi connectivity index (χ1) is 10.7. The molecule has 6 heteroatoms. The molecule has 0 saturated carbocycles. The van der Waals surface area contributed by atoms with E-state index < -0.39 is 10.8 Å². The van der Waals surface area contributed by atoms with Crippen molar-refractivity contribution in [1.82, 2.24) is 9.90 Å². The second kappa shape index (κ2) is 6.11. The minimum Gasteiger partial charge on any atom is -0.497 e. The van der Waals surface area contributed by atoms with Crippen molar-refractivity contribution in [1.29, 1.82) is 0 Å². The van der Waals surface area contributed by atoms with Crippen molar-refractivity contribution in [2.75, 3.05) is 7.11 Å². The van der Waals surface area contributed by atoms with Crippen LogP contribution in [0.25, 0.3) is 5.69 Å². The van der Waals surface area contributed by atoms with E-state index >= 15 is 0 Å². The van der Waals surface area contributed by atoms with E-state index in [1.807, 2.05) is 30.3 Å². The first-order valence-corrected chi connectivity index (χ1v) is 7.91. The number of ether oxygens (including phenoxy) is 1. The second-order valence-corrected chi connectivity index (χ2v) is 6.13. The van der Waals surface area contributed by atoms with Gasteiger partial charge in [-0.3, -0.25) is 0 Å². The molecule has 22 heavy (non-hydrogen) atoms. The molecule has 0 aliphatic heterocycles. The Labute approximate surface area is 131 Å². The van der Waals surface area contributed by atoms with Gasteiger partial charge in [0.15, 0.2) is 11.9 Å². The summed E-state index contributed by atoms with van der Waals surface area (Å²) >= 11 is 0. The maximum absolute atomic E-state index is 12.7. The molecular weight excluding hydrogens is 298 g/mol. The van der Waals surface area contributed by atoms with Crippen LogP contribution >= 0.6 is 0 Å². The van der Waals surface area contributed by atoms with E-state index in [-0.39, 0.29) is 0 Å². The van der Waals surface area contributed by atoms with Gasteiger partial charge >= 0.3 is 0 Å². The van der Waals surface area contributed by atoms with E-state index in [4.69, 9.17) is 4.74 Å². The maximum Gasteiger partial charge on any atom is 0.259 e. The molecule has 0 amide bonds. The Morgan fingerprint density at radius 1 is 1.09 bits per heavy atom. The lowest BCUT2D eigenvalue weighted by Crippen LogP contribution is -2.32. The van der Waals surface area contributed by atoms with Gasteiger partial charge in [0.2, 0.25) is 0 Å². The van der Waals surface area contributed by atoms with Crippen molar-refractivity contribution in [3.05, 3.63) is 60.8 Å². The Bertz CT molecular complexity index is 798. The summed E-state index contributed by atoms with van der Waals surface area (Å²) in [5.74, 6) is 0.741. The van der Waals surface area contributed by atoms with Crippen LogP contribution in [-0.2, 0) is 17.8 Å². The van der Waals surface area contributed by atoms with E-state index in [0.29, 0.717) is 9.92 Å². The second-order valence-electron chi connectivity index (χ2n) is 4.70. The summed E-state index contributed by atoms with van der Waals surface area (Å²) in [4.78, 5) is 0.712. The molecule has 1 aromatic heterocycles. The van der Waals surface area contributed by atoms with Crippen molar-refractivity contribution in [2.24, 2.45) is 7.05 Å². The number of benzene rings is 2. The third-order valence-electron chi connectivity index (χ3n) is 3.27. The highest BCUT2D eigenvalue weighted by Gasteiger charge is 2.21. The number of hydrogen-bond acceptors (Lipinski definition) is 3. The SMILES string of the molecule is COc1ccc(S(=O)c2c[n+](-c3ccccc3)nn2C)cc1. The summed E-state index contributed by atoms with van der Waals surface area (Å²) < 4.78 is 21.2. The van der Waals surface area contributed by atoms with Crippen LogP contribution < -0.4 is 9.42 Å². The van der Waals surface area contributed by atoms with E-state index in [2.05, 4.69) is 5.21 Å². The van der Waals surface area contributed by atoms with Crippen LogP contribution in [0.1, 0.15) is 0 Å². The van der Waals surface area contributed by atoms with Crippen LogP contribution in [-0.4, -0.2) is 21.2 Å². The minimum absolute atomic E-state index is 0.633. The molecule has 0 aliphatic carbocycles. The van der Waals surface area contributed by atoms with Crippen molar-refractivity contribution >= 4 is 10.8 Å². The van der Waals surface area contributed by atoms with Gasteiger partial charge in [-0.05, 0) is 36.4 Å². The van der Waals surface area contributed by atoms with Gasteiger partial charge in [0.25, 0.3) is 5.03 Å². The molecule has 0 saturated heterocycles. The first kappa shape index (κ1) is 14.5. The number of para-hydroxylation sites is 1. The third kappa shape index (κ3) is 2.78. The number of aromatic nitrogens is 3. The van der Waals surface area contributed by atoms with Gasteiger partial charge in [0.05, 0.1) is 12.3 Å². The van der Waals surface area contributed by atoms with Crippen LogP contribution in [0.15, 0.2) is 70.7 Å². The molecule has 0 spiro atoms. The summed E-state index contributed by atoms with van der Waals surface area (Å²) in [6.45, 7) is 0. The molecule has 112 valence electrons. The molecule has 3 aromatic rings. The number of hydrogen-bond donors (Lipinski definition) is 0. The van der Waals surface area contributed by atoms with Crippen LogP contribution in [0.3, 0.4) is 0 Å². The fraction of sp³-hybridized carbons (Fsp3) is 0.125. The summed E-state index contributed by atoms with van der Waals surface area (Å²) in [6, 6.07) is 16.9. The molecule has 0 bridgehead atoms. The van der Waals surface area contributed by atoms with Gasteiger partial charge in [0.1, 0.15) is 23.6 Å². The Kier molecular flexibility index (Phi) is 4.02.